The summed E-state index contributed by atoms with van der Waals surface area (Å²) >= 11 is 12.0. The molecule has 0 saturated heterocycles. The Labute approximate surface area is 288 Å². The van der Waals surface area contributed by atoms with Gasteiger partial charge in [0, 0.05) is 24.5 Å². The van der Waals surface area contributed by atoms with Crippen molar-refractivity contribution in [3.63, 3.8) is 0 Å². The van der Waals surface area contributed by atoms with Crippen LogP contribution in [-0.4, -0.2) is 44.3 Å². The highest BCUT2D eigenvalue weighted by Gasteiger charge is 2.37. The molecule has 0 radical (unpaired) electrons. The molecule has 4 aromatic carbocycles. The van der Waals surface area contributed by atoms with Crippen molar-refractivity contribution in [2.24, 2.45) is 0 Å². The molecule has 0 heterocycles. The first-order chi connectivity index (χ1) is 22.7. The van der Waals surface area contributed by atoms with Crippen LogP contribution in [0.3, 0.4) is 0 Å². The van der Waals surface area contributed by atoms with E-state index in [4.69, 9.17) is 23.2 Å². The number of hydrogen-bond acceptors (Lipinski definition) is 4. The van der Waals surface area contributed by atoms with E-state index in [0.29, 0.717) is 33.9 Å². The van der Waals surface area contributed by atoms with Crippen LogP contribution in [-0.2, 0) is 38.8 Å². The third-order valence-electron chi connectivity index (χ3n) is 7.52. The number of sulfonamides is 1. The molecule has 2 amide bonds. The zero-order valence-corrected chi connectivity index (χ0v) is 28.5. The zero-order valence-electron chi connectivity index (χ0n) is 26.2. The number of aryl methyl sites for hydroxylation is 1. The molecule has 0 aliphatic carbocycles. The monoisotopic (exact) mass is 719 g/mol. The number of anilines is 1. The summed E-state index contributed by atoms with van der Waals surface area (Å²) in [4.78, 5) is 29.2. The van der Waals surface area contributed by atoms with Crippen LogP contribution in [0.15, 0.2) is 102 Å². The fourth-order valence-corrected chi connectivity index (χ4v) is 6.71. The molecular formula is C35H34Cl2F3N3O4S. The van der Waals surface area contributed by atoms with E-state index < -0.39 is 56.9 Å². The van der Waals surface area contributed by atoms with Crippen molar-refractivity contribution in [2.45, 2.75) is 50.3 Å². The third-order valence-corrected chi connectivity index (χ3v) is 9.89. The lowest BCUT2D eigenvalue weighted by Crippen LogP contribution is -2.53. The molecule has 0 unspecified atom stereocenters. The summed E-state index contributed by atoms with van der Waals surface area (Å²) in [6.45, 7) is 2.90. The van der Waals surface area contributed by atoms with Crippen LogP contribution >= 0.6 is 23.2 Å². The van der Waals surface area contributed by atoms with Crippen molar-refractivity contribution < 1.29 is 31.2 Å². The van der Waals surface area contributed by atoms with Crippen molar-refractivity contribution in [2.75, 3.05) is 17.4 Å². The maximum Gasteiger partial charge on any atom is 0.417 e. The number of benzene rings is 4. The normalized spacial score (nSPS) is 12.3. The Morgan fingerprint density at radius 3 is 2.12 bits per heavy atom. The predicted molar refractivity (Wildman–Crippen MR) is 181 cm³/mol. The molecular weight excluding hydrogens is 686 g/mol. The van der Waals surface area contributed by atoms with Gasteiger partial charge < -0.3 is 10.2 Å². The van der Waals surface area contributed by atoms with E-state index in [1.54, 1.807) is 61.5 Å². The molecule has 254 valence electrons. The smallest absolute Gasteiger partial charge is 0.354 e. The van der Waals surface area contributed by atoms with E-state index in [9.17, 15) is 31.2 Å². The predicted octanol–water partition coefficient (Wildman–Crippen LogP) is 7.68. The van der Waals surface area contributed by atoms with Crippen molar-refractivity contribution in [1.29, 1.82) is 0 Å². The van der Waals surface area contributed by atoms with Gasteiger partial charge in [0.1, 0.15) is 12.6 Å². The standard InChI is InChI=1S/C35H34Cl2F3N3O4S/c1-3-19-41-34(45)32(20-25-7-5-4-6-8-25)42(22-26-11-13-27(36)14-12-26)33(44)23-43(48(46,47)29-16-9-24(2)10-17-29)28-15-18-31(37)30(21-28)35(38,39)40/h4-18,21,32H,3,19-20,22-23H2,1-2H3,(H,41,45)/t32-/m1/s1. The molecule has 0 aliphatic rings. The number of amides is 2. The van der Waals surface area contributed by atoms with Crippen LogP contribution < -0.4 is 9.62 Å². The van der Waals surface area contributed by atoms with Gasteiger partial charge in [-0.3, -0.25) is 13.9 Å². The van der Waals surface area contributed by atoms with Gasteiger partial charge in [0.25, 0.3) is 10.0 Å². The average Bonchev–Trinajstić information content (AvgIpc) is 3.05. The van der Waals surface area contributed by atoms with Gasteiger partial charge in [-0.15, -0.1) is 0 Å². The summed E-state index contributed by atoms with van der Waals surface area (Å²) < 4.78 is 70.7. The second kappa shape index (κ2) is 15.9. The Hall–Kier alpha value is -4.06. The first kappa shape index (κ1) is 36.8. The summed E-state index contributed by atoms with van der Waals surface area (Å²) in [6.07, 6.45) is -4.20. The van der Waals surface area contributed by atoms with Gasteiger partial charge in [-0.25, -0.2) is 8.42 Å². The Balaban J connectivity index is 1.85. The van der Waals surface area contributed by atoms with Gasteiger partial charge in [0.05, 0.1) is 21.2 Å². The Morgan fingerprint density at radius 1 is 0.875 bits per heavy atom. The van der Waals surface area contributed by atoms with Crippen LogP contribution in [0, 0.1) is 6.92 Å². The molecule has 4 rings (SSSR count). The topological polar surface area (TPSA) is 86.8 Å². The maximum absolute atomic E-state index is 14.5. The summed E-state index contributed by atoms with van der Waals surface area (Å²) in [5, 5.41) is 2.64. The summed E-state index contributed by atoms with van der Waals surface area (Å²) in [5.41, 5.74) is 0.380. The fraction of sp³-hybridized carbons (Fsp3) is 0.257. The Morgan fingerprint density at radius 2 is 1.52 bits per heavy atom. The van der Waals surface area contributed by atoms with E-state index in [-0.39, 0.29) is 17.9 Å². The van der Waals surface area contributed by atoms with Crippen LogP contribution in [0.4, 0.5) is 18.9 Å². The molecule has 13 heteroatoms. The molecule has 0 aliphatic heterocycles. The number of halogens is 5. The van der Waals surface area contributed by atoms with Crippen LogP contribution in [0.25, 0.3) is 0 Å². The fourth-order valence-electron chi connectivity index (χ4n) is 4.96. The Kier molecular flexibility index (Phi) is 12.2. The highest BCUT2D eigenvalue weighted by molar-refractivity contribution is 7.92. The molecule has 0 aromatic heterocycles. The van der Waals surface area contributed by atoms with E-state index >= 15 is 0 Å². The maximum atomic E-state index is 14.5. The molecule has 7 nitrogen and oxygen atoms in total. The molecule has 1 N–H and O–H groups in total. The number of nitrogens with one attached hydrogen (secondary N) is 1. The first-order valence-corrected chi connectivity index (χ1v) is 17.2. The second-order valence-corrected chi connectivity index (χ2v) is 13.8. The quantitative estimate of drug-likeness (QED) is 0.154. The number of nitrogens with zero attached hydrogens (tertiary/aromatic N) is 2. The largest absolute Gasteiger partial charge is 0.417 e. The molecule has 4 aromatic rings. The van der Waals surface area contributed by atoms with Crippen LogP contribution in [0.1, 0.15) is 35.6 Å². The van der Waals surface area contributed by atoms with Crippen molar-refractivity contribution in [3.05, 3.63) is 129 Å². The molecule has 48 heavy (non-hydrogen) atoms. The summed E-state index contributed by atoms with van der Waals surface area (Å²) in [7, 11) is -4.61. The van der Waals surface area contributed by atoms with Crippen LogP contribution in [0.2, 0.25) is 10.0 Å². The van der Waals surface area contributed by atoms with E-state index in [1.807, 2.05) is 6.92 Å². The lowest BCUT2D eigenvalue weighted by Gasteiger charge is -2.34. The molecule has 0 spiro atoms. The first-order valence-electron chi connectivity index (χ1n) is 15.0. The van der Waals surface area contributed by atoms with E-state index in [0.717, 1.165) is 23.3 Å². The second-order valence-electron chi connectivity index (χ2n) is 11.1. The third kappa shape index (κ3) is 9.30. The number of carbonyl (C=O) groups excluding carboxylic acids is 2. The van der Waals surface area contributed by atoms with Gasteiger partial charge >= 0.3 is 6.18 Å². The van der Waals surface area contributed by atoms with Gasteiger partial charge in [-0.05, 0) is 66.9 Å². The van der Waals surface area contributed by atoms with Gasteiger partial charge in [0.15, 0.2) is 0 Å². The molecule has 0 bridgehead atoms. The SMILES string of the molecule is CCCNC(=O)[C@@H](Cc1ccccc1)N(Cc1ccc(Cl)cc1)C(=O)CN(c1ccc(Cl)c(C(F)(F)F)c1)S(=O)(=O)c1ccc(C)cc1. The minimum atomic E-state index is -4.91. The number of rotatable bonds is 13. The van der Waals surface area contributed by atoms with Gasteiger partial charge in [-0.2, -0.15) is 13.2 Å². The number of carbonyl (C=O) groups is 2. The van der Waals surface area contributed by atoms with E-state index in [1.165, 1.54) is 29.2 Å². The van der Waals surface area contributed by atoms with Crippen molar-refractivity contribution in [1.82, 2.24) is 10.2 Å². The summed E-state index contributed by atoms with van der Waals surface area (Å²) in [5.74, 6) is -1.29. The minimum absolute atomic E-state index is 0.0829. The highest BCUT2D eigenvalue weighted by Crippen LogP contribution is 2.38. The van der Waals surface area contributed by atoms with Gasteiger partial charge in [-0.1, -0.05) is 90.3 Å². The Bertz CT molecular complexity index is 1820. The van der Waals surface area contributed by atoms with Gasteiger partial charge in [0.2, 0.25) is 11.8 Å². The highest BCUT2D eigenvalue weighted by atomic mass is 35.5. The number of alkyl halides is 3. The molecule has 1 atom stereocenters. The van der Waals surface area contributed by atoms with Crippen LogP contribution in [0.5, 0.6) is 0 Å². The lowest BCUT2D eigenvalue weighted by atomic mass is 10.0. The average molecular weight is 721 g/mol. The summed E-state index contributed by atoms with van der Waals surface area (Å²) in [6, 6.07) is 22.8. The van der Waals surface area contributed by atoms with Crippen molar-refractivity contribution >= 4 is 50.7 Å². The van der Waals surface area contributed by atoms with E-state index in [2.05, 4.69) is 5.32 Å². The lowest BCUT2D eigenvalue weighted by molar-refractivity contribution is -0.140. The van der Waals surface area contributed by atoms with Crippen molar-refractivity contribution in [3.8, 4) is 0 Å². The number of hydrogen-bond donors (Lipinski definition) is 1. The molecule has 0 saturated carbocycles. The molecule has 0 fully saturated rings. The minimum Gasteiger partial charge on any atom is -0.354 e. The zero-order chi connectivity index (χ0) is 35.1.